The van der Waals surface area contributed by atoms with E-state index in [9.17, 15) is 4.79 Å². The van der Waals surface area contributed by atoms with Gasteiger partial charge in [-0.25, -0.2) is 9.78 Å². The van der Waals surface area contributed by atoms with Gasteiger partial charge in [0.05, 0.1) is 17.8 Å². The predicted molar refractivity (Wildman–Crippen MR) is 102 cm³/mol. The van der Waals surface area contributed by atoms with Crippen LogP contribution in [0.3, 0.4) is 0 Å². The molecule has 3 N–H and O–H groups in total. The van der Waals surface area contributed by atoms with E-state index in [-0.39, 0.29) is 6.54 Å². The Balaban J connectivity index is 1.78. The van der Waals surface area contributed by atoms with Crippen LogP contribution in [-0.2, 0) is 19.5 Å². The van der Waals surface area contributed by atoms with E-state index in [0.717, 1.165) is 47.6 Å². The molecule has 1 aliphatic rings. The lowest BCUT2D eigenvalue weighted by Crippen LogP contribution is -2.31. The highest BCUT2D eigenvalue weighted by Gasteiger charge is 2.21. The first-order valence-electron chi connectivity index (χ1n) is 8.80. The number of benzene rings is 1. The van der Waals surface area contributed by atoms with Crippen molar-refractivity contribution in [3.05, 3.63) is 58.4 Å². The average molecular weight is 350 g/mol. The van der Waals surface area contributed by atoms with Crippen LogP contribution in [0.25, 0.3) is 10.9 Å². The number of amides is 1. The zero-order chi connectivity index (χ0) is 18.3. The van der Waals surface area contributed by atoms with Crippen LogP contribution in [0.15, 0.2) is 30.3 Å². The molecule has 0 spiro atoms. The van der Waals surface area contributed by atoms with Crippen molar-refractivity contribution in [3.8, 4) is 0 Å². The zero-order valence-electron chi connectivity index (χ0n) is 15.0. The Morgan fingerprint density at radius 3 is 2.85 bits per heavy atom. The van der Waals surface area contributed by atoms with Crippen LogP contribution in [-0.4, -0.2) is 27.7 Å². The highest BCUT2D eigenvalue weighted by Crippen LogP contribution is 2.32. The molecule has 134 valence electrons. The van der Waals surface area contributed by atoms with Crippen LogP contribution in [0.2, 0.25) is 0 Å². The Kier molecular flexibility index (Phi) is 4.03. The van der Waals surface area contributed by atoms with Crippen LogP contribution >= 0.6 is 0 Å². The SMILES string of the molecule is Cc1[nH]c2c(N3CCc4ccccc4C3)nc(CNC(=O)O)cc2c1C. The maximum Gasteiger partial charge on any atom is 0.404 e. The first-order valence-corrected chi connectivity index (χ1v) is 8.80. The number of nitrogens with one attached hydrogen (secondary N) is 2. The fraction of sp³-hybridized carbons (Fsp3) is 0.300. The molecule has 2 aromatic heterocycles. The van der Waals surface area contributed by atoms with Gasteiger partial charge in [0.25, 0.3) is 0 Å². The summed E-state index contributed by atoms with van der Waals surface area (Å²) in [5, 5.41) is 12.4. The third-order valence-corrected chi connectivity index (χ3v) is 5.18. The first kappa shape index (κ1) is 16.4. The lowest BCUT2D eigenvalue weighted by atomic mass is 10.00. The molecule has 0 radical (unpaired) electrons. The Bertz CT molecular complexity index is 993. The Labute approximate surface area is 151 Å². The molecular formula is C20H22N4O2. The number of hydrogen-bond donors (Lipinski definition) is 3. The maximum absolute atomic E-state index is 10.9. The number of pyridine rings is 1. The molecule has 6 nitrogen and oxygen atoms in total. The van der Waals surface area contributed by atoms with Gasteiger partial charge in [-0.1, -0.05) is 24.3 Å². The number of nitrogens with zero attached hydrogens (tertiary/aromatic N) is 2. The van der Waals surface area contributed by atoms with Crippen LogP contribution in [0, 0.1) is 13.8 Å². The lowest BCUT2D eigenvalue weighted by Gasteiger charge is -2.30. The van der Waals surface area contributed by atoms with Crippen LogP contribution in [0.4, 0.5) is 10.6 Å². The minimum Gasteiger partial charge on any atom is -0.465 e. The van der Waals surface area contributed by atoms with Gasteiger partial charge in [0, 0.05) is 24.2 Å². The van der Waals surface area contributed by atoms with Gasteiger partial charge in [-0.05, 0) is 43.0 Å². The molecule has 3 heterocycles. The van der Waals surface area contributed by atoms with Gasteiger partial charge in [0.2, 0.25) is 0 Å². The number of hydrogen-bond acceptors (Lipinski definition) is 3. The van der Waals surface area contributed by atoms with Crippen molar-refractivity contribution in [1.82, 2.24) is 15.3 Å². The lowest BCUT2D eigenvalue weighted by molar-refractivity contribution is 0.194. The van der Waals surface area contributed by atoms with Crippen molar-refractivity contribution in [2.45, 2.75) is 33.4 Å². The molecule has 1 amide bonds. The van der Waals surface area contributed by atoms with Crippen molar-refractivity contribution in [3.63, 3.8) is 0 Å². The Morgan fingerprint density at radius 1 is 1.31 bits per heavy atom. The van der Waals surface area contributed by atoms with E-state index >= 15 is 0 Å². The van der Waals surface area contributed by atoms with Crippen LogP contribution in [0.1, 0.15) is 28.1 Å². The van der Waals surface area contributed by atoms with Gasteiger partial charge < -0.3 is 20.3 Å². The fourth-order valence-electron chi connectivity index (χ4n) is 3.65. The van der Waals surface area contributed by atoms with E-state index < -0.39 is 6.09 Å². The largest absolute Gasteiger partial charge is 0.465 e. The number of aromatic amines is 1. The number of H-pyrrole nitrogens is 1. The Morgan fingerprint density at radius 2 is 2.08 bits per heavy atom. The second-order valence-electron chi connectivity index (χ2n) is 6.83. The monoisotopic (exact) mass is 350 g/mol. The molecule has 0 aliphatic carbocycles. The highest BCUT2D eigenvalue weighted by molar-refractivity contribution is 5.93. The number of carboxylic acid groups (broad SMARTS) is 1. The smallest absolute Gasteiger partial charge is 0.404 e. The molecule has 1 aromatic carbocycles. The summed E-state index contributed by atoms with van der Waals surface area (Å²) >= 11 is 0. The van der Waals surface area contributed by atoms with E-state index in [0.29, 0.717) is 0 Å². The first-order chi connectivity index (χ1) is 12.5. The number of rotatable bonds is 3. The summed E-state index contributed by atoms with van der Waals surface area (Å²) in [6, 6.07) is 10.5. The standard InChI is InChI=1S/C20H22N4O2/c1-12-13(2)22-18-17(12)9-16(10-21-20(25)26)23-19(18)24-8-7-14-5-3-4-6-15(14)11-24/h3-6,9,21-22H,7-8,10-11H2,1-2H3,(H,25,26). The molecular weight excluding hydrogens is 328 g/mol. The average Bonchev–Trinajstić information content (AvgIpc) is 2.93. The minimum absolute atomic E-state index is 0.201. The van der Waals surface area contributed by atoms with Gasteiger partial charge in [-0.2, -0.15) is 0 Å². The second-order valence-corrected chi connectivity index (χ2v) is 6.83. The van der Waals surface area contributed by atoms with Crippen molar-refractivity contribution in [2.75, 3.05) is 11.4 Å². The molecule has 0 fully saturated rings. The number of carbonyl (C=O) groups is 1. The summed E-state index contributed by atoms with van der Waals surface area (Å²) in [7, 11) is 0. The molecule has 3 aromatic rings. The highest BCUT2D eigenvalue weighted by atomic mass is 16.4. The third kappa shape index (κ3) is 2.87. The molecule has 0 saturated heterocycles. The summed E-state index contributed by atoms with van der Waals surface area (Å²) in [5.41, 5.74) is 6.76. The molecule has 0 saturated carbocycles. The van der Waals surface area contributed by atoms with Crippen molar-refractivity contribution < 1.29 is 9.90 Å². The number of aromatic nitrogens is 2. The van der Waals surface area contributed by atoms with Crippen LogP contribution < -0.4 is 10.2 Å². The quantitative estimate of drug-likeness (QED) is 0.675. The number of aryl methyl sites for hydroxylation is 2. The van der Waals surface area contributed by atoms with Gasteiger partial charge in [0.1, 0.15) is 0 Å². The fourth-order valence-corrected chi connectivity index (χ4v) is 3.65. The summed E-state index contributed by atoms with van der Waals surface area (Å²) in [6.45, 7) is 6.04. The third-order valence-electron chi connectivity index (χ3n) is 5.18. The minimum atomic E-state index is -1.04. The number of fused-ring (bicyclic) bond motifs is 2. The number of anilines is 1. The molecule has 1 aliphatic heterocycles. The predicted octanol–water partition coefficient (Wildman–Crippen LogP) is 3.51. The van der Waals surface area contributed by atoms with Gasteiger partial charge in [-0.15, -0.1) is 0 Å². The summed E-state index contributed by atoms with van der Waals surface area (Å²) in [4.78, 5) is 21.4. The zero-order valence-corrected chi connectivity index (χ0v) is 15.0. The molecule has 0 atom stereocenters. The molecule has 6 heteroatoms. The molecule has 0 bridgehead atoms. The van der Waals surface area contributed by atoms with Crippen molar-refractivity contribution in [1.29, 1.82) is 0 Å². The molecule has 26 heavy (non-hydrogen) atoms. The van der Waals surface area contributed by atoms with Gasteiger partial charge in [-0.3, -0.25) is 0 Å². The van der Waals surface area contributed by atoms with Crippen LogP contribution in [0.5, 0.6) is 0 Å². The summed E-state index contributed by atoms with van der Waals surface area (Å²) in [6.07, 6.45) is -0.0578. The van der Waals surface area contributed by atoms with E-state index in [1.165, 1.54) is 16.7 Å². The van der Waals surface area contributed by atoms with Gasteiger partial charge in [0.15, 0.2) is 5.82 Å². The van der Waals surface area contributed by atoms with E-state index in [4.69, 9.17) is 10.1 Å². The summed E-state index contributed by atoms with van der Waals surface area (Å²) in [5.74, 6) is 0.899. The maximum atomic E-state index is 10.9. The molecule has 0 unspecified atom stereocenters. The second kappa shape index (κ2) is 6.37. The van der Waals surface area contributed by atoms with Crippen molar-refractivity contribution in [2.24, 2.45) is 0 Å². The summed E-state index contributed by atoms with van der Waals surface area (Å²) < 4.78 is 0. The van der Waals surface area contributed by atoms with Gasteiger partial charge >= 0.3 is 6.09 Å². The normalized spacial score (nSPS) is 13.7. The Hall–Kier alpha value is -3.02. The van der Waals surface area contributed by atoms with E-state index in [1.807, 2.05) is 6.07 Å². The van der Waals surface area contributed by atoms with E-state index in [2.05, 4.69) is 53.3 Å². The van der Waals surface area contributed by atoms with Crippen molar-refractivity contribution >= 4 is 22.8 Å². The topological polar surface area (TPSA) is 81.2 Å². The molecule has 4 rings (SSSR count). The van der Waals surface area contributed by atoms with E-state index in [1.54, 1.807) is 0 Å².